The number of Topliss-reactive ketones (excluding diaryl/α,β-unsaturated/α-hetero) is 1. The molecule has 3 aliphatic carbocycles. The smallest absolute Gasteiger partial charge is 0.164 e. The number of ether oxygens (including phenoxy) is 1. The minimum atomic E-state index is -0.418. The molecule has 2 heteroatoms. The van der Waals surface area contributed by atoms with Crippen molar-refractivity contribution in [2.45, 2.75) is 76.2 Å². The molecular formula is C17H28O2. The summed E-state index contributed by atoms with van der Waals surface area (Å²) in [6.45, 7) is 0. The van der Waals surface area contributed by atoms with Crippen molar-refractivity contribution < 1.29 is 9.53 Å². The topological polar surface area (TPSA) is 26.3 Å². The second-order valence-electron chi connectivity index (χ2n) is 7.17. The molecule has 3 unspecified atom stereocenters. The lowest BCUT2D eigenvalue weighted by Crippen LogP contribution is -2.41. The van der Waals surface area contributed by atoms with E-state index in [1.807, 2.05) is 0 Å². The van der Waals surface area contributed by atoms with Gasteiger partial charge in [-0.25, -0.2) is 0 Å². The molecule has 0 N–H and O–H groups in total. The van der Waals surface area contributed by atoms with Gasteiger partial charge in [0.15, 0.2) is 5.78 Å². The SMILES string of the molecule is COC1(C(=O)CC2CC3CCC2C3)CCCCCC1. The molecule has 0 spiro atoms. The fourth-order valence-electron chi connectivity index (χ4n) is 4.95. The summed E-state index contributed by atoms with van der Waals surface area (Å²) in [5.74, 6) is 2.90. The first-order valence-corrected chi connectivity index (χ1v) is 8.32. The monoisotopic (exact) mass is 264 g/mol. The summed E-state index contributed by atoms with van der Waals surface area (Å²) in [7, 11) is 1.75. The summed E-state index contributed by atoms with van der Waals surface area (Å²) in [4.78, 5) is 12.8. The largest absolute Gasteiger partial charge is 0.370 e. The number of methoxy groups -OCH3 is 1. The second kappa shape index (κ2) is 5.55. The van der Waals surface area contributed by atoms with Crippen molar-refractivity contribution in [1.29, 1.82) is 0 Å². The molecule has 3 atom stereocenters. The van der Waals surface area contributed by atoms with E-state index in [1.165, 1.54) is 38.5 Å². The molecule has 19 heavy (non-hydrogen) atoms. The molecule has 3 saturated carbocycles. The summed E-state index contributed by atoms with van der Waals surface area (Å²) in [6.07, 6.45) is 13.1. The van der Waals surface area contributed by atoms with E-state index in [2.05, 4.69) is 0 Å². The van der Waals surface area contributed by atoms with Crippen LogP contribution < -0.4 is 0 Å². The van der Waals surface area contributed by atoms with Crippen LogP contribution in [-0.2, 0) is 9.53 Å². The maximum absolute atomic E-state index is 12.8. The highest BCUT2D eigenvalue weighted by atomic mass is 16.5. The maximum Gasteiger partial charge on any atom is 0.164 e. The Kier molecular flexibility index (Phi) is 3.98. The molecule has 2 bridgehead atoms. The molecule has 0 amide bonds. The first-order valence-electron chi connectivity index (χ1n) is 8.32. The van der Waals surface area contributed by atoms with Gasteiger partial charge < -0.3 is 4.74 Å². The van der Waals surface area contributed by atoms with Gasteiger partial charge in [0.05, 0.1) is 0 Å². The Morgan fingerprint density at radius 3 is 2.37 bits per heavy atom. The van der Waals surface area contributed by atoms with Crippen molar-refractivity contribution in [3.8, 4) is 0 Å². The lowest BCUT2D eigenvalue weighted by Gasteiger charge is -2.32. The second-order valence-corrected chi connectivity index (χ2v) is 7.17. The van der Waals surface area contributed by atoms with Crippen LogP contribution in [0.5, 0.6) is 0 Å². The summed E-state index contributed by atoms with van der Waals surface area (Å²) < 4.78 is 5.76. The van der Waals surface area contributed by atoms with Gasteiger partial charge in [-0.15, -0.1) is 0 Å². The highest BCUT2D eigenvalue weighted by Gasteiger charge is 2.44. The van der Waals surface area contributed by atoms with Gasteiger partial charge in [0, 0.05) is 13.5 Å². The van der Waals surface area contributed by atoms with Gasteiger partial charge in [-0.05, 0) is 49.9 Å². The Labute approximate surface area is 117 Å². The number of hydrogen-bond acceptors (Lipinski definition) is 2. The highest BCUT2D eigenvalue weighted by Crippen LogP contribution is 2.50. The third-order valence-electron chi connectivity index (χ3n) is 6.14. The van der Waals surface area contributed by atoms with Gasteiger partial charge >= 0.3 is 0 Å². The minimum absolute atomic E-state index is 0.418. The van der Waals surface area contributed by atoms with Crippen LogP contribution in [-0.4, -0.2) is 18.5 Å². The molecule has 0 radical (unpaired) electrons. The standard InChI is InChI=1S/C17H28O2/c1-19-17(8-4-2-3-5-9-17)16(18)12-15-11-13-6-7-14(15)10-13/h13-15H,2-12H2,1H3. The van der Waals surface area contributed by atoms with E-state index in [9.17, 15) is 4.79 Å². The van der Waals surface area contributed by atoms with E-state index >= 15 is 0 Å². The third kappa shape index (κ3) is 2.61. The average Bonchev–Trinajstić information content (AvgIpc) is 2.94. The Hall–Kier alpha value is -0.370. The van der Waals surface area contributed by atoms with Crippen molar-refractivity contribution in [3.05, 3.63) is 0 Å². The molecular weight excluding hydrogens is 236 g/mol. The predicted molar refractivity (Wildman–Crippen MR) is 76.0 cm³/mol. The summed E-state index contributed by atoms with van der Waals surface area (Å²) in [6, 6.07) is 0. The van der Waals surface area contributed by atoms with Crippen LogP contribution >= 0.6 is 0 Å². The quantitative estimate of drug-likeness (QED) is 0.714. The van der Waals surface area contributed by atoms with E-state index < -0.39 is 5.60 Å². The number of carbonyl (C=O) groups is 1. The number of carbonyl (C=O) groups excluding carboxylic acids is 1. The Bertz CT molecular complexity index is 328. The minimum Gasteiger partial charge on any atom is -0.370 e. The molecule has 108 valence electrons. The van der Waals surface area contributed by atoms with Gasteiger partial charge in [0.2, 0.25) is 0 Å². The summed E-state index contributed by atoms with van der Waals surface area (Å²) in [5.41, 5.74) is -0.418. The highest BCUT2D eigenvalue weighted by molar-refractivity contribution is 5.87. The first kappa shape index (κ1) is 13.6. The van der Waals surface area contributed by atoms with Crippen molar-refractivity contribution in [3.63, 3.8) is 0 Å². The Morgan fingerprint density at radius 1 is 1.11 bits per heavy atom. The molecule has 3 fully saturated rings. The maximum atomic E-state index is 12.8. The van der Waals surface area contributed by atoms with Gasteiger partial charge in [0.1, 0.15) is 5.60 Å². The van der Waals surface area contributed by atoms with Crippen LogP contribution in [0, 0.1) is 17.8 Å². The van der Waals surface area contributed by atoms with Crippen molar-refractivity contribution in [2.24, 2.45) is 17.8 Å². The van der Waals surface area contributed by atoms with Gasteiger partial charge in [-0.3, -0.25) is 4.79 Å². The molecule has 0 aromatic heterocycles. The predicted octanol–water partition coefficient (Wildman–Crippen LogP) is 4.12. The van der Waals surface area contributed by atoms with E-state index in [0.29, 0.717) is 11.7 Å². The number of hydrogen-bond donors (Lipinski definition) is 0. The zero-order valence-corrected chi connectivity index (χ0v) is 12.3. The first-order chi connectivity index (χ1) is 9.23. The van der Waals surface area contributed by atoms with Crippen LogP contribution in [0.4, 0.5) is 0 Å². The number of ketones is 1. The normalized spacial score (nSPS) is 37.2. The van der Waals surface area contributed by atoms with E-state index in [-0.39, 0.29) is 0 Å². The van der Waals surface area contributed by atoms with Crippen molar-refractivity contribution in [2.75, 3.05) is 7.11 Å². The summed E-state index contributed by atoms with van der Waals surface area (Å²) >= 11 is 0. The molecule has 0 aromatic carbocycles. The lowest BCUT2D eigenvalue weighted by molar-refractivity contribution is -0.144. The zero-order valence-electron chi connectivity index (χ0n) is 12.3. The van der Waals surface area contributed by atoms with E-state index in [0.717, 1.165) is 43.9 Å². The Morgan fingerprint density at radius 2 is 1.84 bits per heavy atom. The fraction of sp³-hybridized carbons (Fsp3) is 0.941. The van der Waals surface area contributed by atoms with Crippen LogP contribution in [0.2, 0.25) is 0 Å². The van der Waals surface area contributed by atoms with Crippen molar-refractivity contribution in [1.82, 2.24) is 0 Å². The van der Waals surface area contributed by atoms with Gasteiger partial charge in [-0.2, -0.15) is 0 Å². The lowest BCUT2D eigenvalue weighted by atomic mass is 9.79. The van der Waals surface area contributed by atoms with E-state index in [4.69, 9.17) is 4.74 Å². The molecule has 2 nitrogen and oxygen atoms in total. The molecule has 0 saturated heterocycles. The van der Waals surface area contributed by atoms with Gasteiger partial charge in [0.25, 0.3) is 0 Å². The average molecular weight is 264 g/mol. The summed E-state index contributed by atoms with van der Waals surface area (Å²) in [5, 5.41) is 0. The molecule has 0 aromatic rings. The van der Waals surface area contributed by atoms with Crippen molar-refractivity contribution >= 4 is 5.78 Å². The van der Waals surface area contributed by atoms with E-state index in [1.54, 1.807) is 7.11 Å². The van der Waals surface area contributed by atoms with Gasteiger partial charge in [-0.1, -0.05) is 32.1 Å². The van der Waals surface area contributed by atoms with Crippen LogP contribution in [0.25, 0.3) is 0 Å². The molecule has 3 aliphatic rings. The van der Waals surface area contributed by atoms with Crippen LogP contribution in [0.15, 0.2) is 0 Å². The molecule has 0 heterocycles. The number of rotatable bonds is 4. The van der Waals surface area contributed by atoms with Crippen LogP contribution in [0.3, 0.4) is 0 Å². The number of fused-ring (bicyclic) bond motifs is 2. The van der Waals surface area contributed by atoms with Crippen LogP contribution in [0.1, 0.15) is 70.6 Å². The third-order valence-corrected chi connectivity index (χ3v) is 6.14. The molecule has 0 aliphatic heterocycles. The zero-order chi connectivity index (χ0) is 13.3. The molecule has 3 rings (SSSR count). The Balaban J connectivity index is 1.64. The fourth-order valence-corrected chi connectivity index (χ4v) is 4.95.